The van der Waals surface area contributed by atoms with Crippen molar-refractivity contribution >= 4 is 40.3 Å². The molecule has 0 unspecified atom stereocenters. The second kappa shape index (κ2) is 6.46. The first kappa shape index (κ1) is 15.0. The normalized spacial score (nSPS) is 16.8. The lowest BCUT2D eigenvalue weighted by molar-refractivity contribution is -0.122. The minimum absolute atomic E-state index is 0.00976. The molecular formula is C16H15N3OS2. The Kier molecular flexibility index (Phi) is 4.40. The molecule has 1 aromatic carbocycles. The molecule has 2 aromatic rings. The Morgan fingerprint density at radius 3 is 2.73 bits per heavy atom. The van der Waals surface area contributed by atoms with Gasteiger partial charge in [0.2, 0.25) is 0 Å². The molecule has 1 fully saturated rings. The van der Waals surface area contributed by atoms with Gasteiger partial charge in [-0.15, -0.1) is 0 Å². The minimum Gasteiger partial charge on any atom is -0.306 e. The molecule has 3 rings (SSSR count). The van der Waals surface area contributed by atoms with Gasteiger partial charge in [0.1, 0.15) is 4.32 Å². The predicted octanol–water partition coefficient (Wildman–Crippen LogP) is 3.48. The molecule has 0 spiro atoms. The summed E-state index contributed by atoms with van der Waals surface area (Å²) < 4.78 is 2.58. The van der Waals surface area contributed by atoms with E-state index in [0.717, 1.165) is 17.7 Å². The second-order valence-corrected chi connectivity index (χ2v) is 6.57. The van der Waals surface area contributed by atoms with E-state index in [1.807, 2.05) is 48.0 Å². The number of carbonyl (C=O) groups is 1. The molecule has 1 aromatic heterocycles. The highest BCUT2D eigenvalue weighted by molar-refractivity contribution is 8.26. The zero-order chi connectivity index (χ0) is 15.5. The van der Waals surface area contributed by atoms with Crippen molar-refractivity contribution in [3.05, 3.63) is 53.5 Å². The van der Waals surface area contributed by atoms with Crippen LogP contribution in [0.3, 0.4) is 0 Å². The van der Waals surface area contributed by atoms with Crippen LogP contribution in [-0.4, -0.2) is 31.2 Å². The van der Waals surface area contributed by atoms with Crippen LogP contribution in [0, 0.1) is 0 Å². The SMILES string of the molecule is CCCN1C(=O)/C(=C\c2ccc(-n3ccnc3)cc2)SC1=S. The van der Waals surface area contributed by atoms with E-state index in [1.165, 1.54) is 11.8 Å². The quantitative estimate of drug-likeness (QED) is 0.636. The van der Waals surface area contributed by atoms with Crippen LogP contribution < -0.4 is 0 Å². The van der Waals surface area contributed by atoms with Gasteiger partial charge in [-0.05, 0) is 30.2 Å². The fourth-order valence-electron chi connectivity index (χ4n) is 2.22. The summed E-state index contributed by atoms with van der Waals surface area (Å²) in [6, 6.07) is 7.98. The highest BCUT2D eigenvalue weighted by Gasteiger charge is 2.30. The molecule has 2 heterocycles. The maximum absolute atomic E-state index is 12.3. The van der Waals surface area contributed by atoms with Crippen molar-refractivity contribution in [2.75, 3.05) is 6.54 Å². The van der Waals surface area contributed by atoms with Gasteiger partial charge in [0.15, 0.2) is 0 Å². The molecule has 0 N–H and O–H groups in total. The van der Waals surface area contributed by atoms with Gasteiger partial charge in [-0.3, -0.25) is 9.69 Å². The molecule has 22 heavy (non-hydrogen) atoms. The monoisotopic (exact) mass is 329 g/mol. The Morgan fingerprint density at radius 1 is 1.32 bits per heavy atom. The molecule has 112 valence electrons. The van der Waals surface area contributed by atoms with E-state index in [0.29, 0.717) is 15.8 Å². The van der Waals surface area contributed by atoms with Gasteiger partial charge in [0, 0.05) is 24.6 Å². The number of carbonyl (C=O) groups excluding carboxylic acids is 1. The molecule has 0 bridgehead atoms. The van der Waals surface area contributed by atoms with Crippen LogP contribution in [0.15, 0.2) is 47.9 Å². The smallest absolute Gasteiger partial charge is 0.266 e. The highest BCUT2D eigenvalue weighted by Crippen LogP contribution is 2.32. The Hall–Kier alpha value is -1.92. The topological polar surface area (TPSA) is 38.1 Å². The largest absolute Gasteiger partial charge is 0.306 e. The predicted molar refractivity (Wildman–Crippen MR) is 93.7 cm³/mol. The van der Waals surface area contributed by atoms with Crippen molar-refractivity contribution in [3.8, 4) is 5.69 Å². The van der Waals surface area contributed by atoms with Crippen LogP contribution in [-0.2, 0) is 4.79 Å². The van der Waals surface area contributed by atoms with Crippen LogP contribution in [0.1, 0.15) is 18.9 Å². The van der Waals surface area contributed by atoms with Gasteiger partial charge >= 0.3 is 0 Å². The number of nitrogens with zero attached hydrogens (tertiary/aromatic N) is 3. The standard InChI is InChI=1S/C16H15N3OS2/c1-2-8-19-15(20)14(22-16(19)21)10-12-3-5-13(6-4-12)18-9-7-17-11-18/h3-7,9-11H,2,8H2,1H3/b14-10+. The Labute approximate surface area is 138 Å². The summed E-state index contributed by atoms with van der Waals surface area (Å²) >= 11 is 6.64. The summed E-state index contributed by atoms with van der Waals surface area (Å²) in [4.78, 5) is 18.7. The zero-order valence-corrected chi connectivity index (χ0v) is 13.7. The van der Waals surface area contributed by atoms with E-state index >= 15 is 0 Å². The molecule has 4 nitrogen and oxygen atoms in total. The molecule has 1 aliphatic heterocycles. The van der Waals surface area contributed by atoms with E-state index in [-0.39, 0.29) is 5.91 Å². The summed E-state index contributed by atoms with van der Waals surface area (Å²) in [7, 11) is 0. The van der Waals surface area contributed by atoms with Crippen molar-refractivity contribution in [1.82, 2.24) is 14.5 Å². The number of rotatable bonds is 4. The van der Waals surface area contributed by atoms with E-state index in [1.54, 1.807) is 17.4 Å². The first-order valence-corrected chi connectivity index (χ1v) is 8.25. The number of thioether (sulfide) groups is 1. The summed E-state index contributed by atoms with van der Waals surface area (Å²) in [5.74, 6) is 0.00976. The van der Waals surface area contributed by atoms with Crippen LogP contribution in [0.2, 0.25) is 0 Å². The molecule has 0 atom stereocenters. The average Bonchev–Trinajstić information content (AvgIpc) is 3.13. The van der Waals surface area contributed by atoms with Crippen molar-refractivity contribution in [1.29, 1.82) is 0 Å². The van der Waals surface area contributed by atoms with E-state index in [9.17, 15) is 4.79 Å². The average molecular weight is 329 g/mol. The molecule has 1 aliphatic rings. The molecule has 1 amide bonds. The van der Waals surface area contributed by atoms with Crippen LogP contribution in [0.25, 0.3) is 11.8 Å². The number of imidazole rings is 1. The molecule has 0 radical (unpaired) electrons. The number of hydrogen-bond acceptors (Lipinski definition) is 4. The van der Waals surface area contributed by atoms with Crippen LogP contribution in [0.5, 0.6) is 0 Å². The molecule has 1 saturated heterocycles. The Morgan fingerprint density at radius 2 is 2.09 bits per heavy atom. The lowest BCUT2D eigenvalue weighted by Crippen LogP contribution is -2.28. The maximum atomic E-state index is 12.3. The van der Waals surface area contributed by atoms with Gasteiger partial charge in [-0.2, -0.15) is 0 Å². The Balaban J connectivity index is 1.81. The van der Waals surface area contributed by atoms with E-state index in [2.05, 4.69) is 4.98 Å². The third kappa shape index (κ3) is 2.98. The number of thiocarbonyl (C=S) groups is 1. The van der Waals surface area contributed by atoms with Gasteiger partial charge in [-0.25, -0.2) is 4.98 Å². The highest BCUT2D eigenvalue weighted by atomic mass is 32.2. The van der Waals surface area contributed by atoms with E-state index in [4.69, 9.17) is 12.2 Å². The van der Waals surface area contributed by atoms with Gasteiger partial charge in [0.25, 0.3) is 5.91 Å². The van der Waals surface area contributed by atoms with Crippen molar-refractivity contribution in [3.63, 3.8) is 0 Å². The zero-order valence-electron chi connectivity index (χ0n) is 12.1. The van der Waals surface area contributed by atoms with Crippen molar-refractivity contribution in [2.24, 2.45) is 0 Å². The molecule has 6 heteroatoms. The Bertz CT molecular complexity index is 720. The number of hydrogen-bond donors (Lipinski definition) is 0. The third-order valence-corrected chi connectivity index (χ3v) is 4.69. The number of benzene rings is 1. The number of amides is 1. The fraction of sp³-hybridized carbons (Fsp3) is 0.188. The van der Waals surface area contributed by atoms with Crippen molar-refractivity contribution in [2.45, 2.75) is 13.3 Å². The lowest BCUT2D eigenvalue weighted by atomic mass is 10.2. The summed E-state index contributed by atoms with van der Waals surface area (Å²) in [5, 5.41) is 0. The second-order valence-electron chi connectivity index (χ2n) is 4.89. The lowest BCUT2D eigenvalue weighted by Gasteiger charge is -2.11. The van der Waals surface area contributed by atoms with Gasteiger partial charge < -0.3 is 4.57 Å². The number of aromatic nitrogens is 2. The van der Waals surface area contributed by atoms with E-state index < -0.39 is 0 Å². The van der Waals surface area contributed by atoms with Crippen LogP contribution in [0.4, 0.5) is 0 Å². The summed E-state index contributed by atoms with van der Waals surface area (Å²) in [6.45, 7) is 2.72. The van der Waals surface area contributed by atoms with Crippen LogP contribution >= 0.6 is 24.0 Å². The summed E-state index contributed by atoms with van der Waals surface area (Å²) in [5.41, 5.74) is 2.02. The fourth-order valence-corrected chi connectivity index (χ4v) is 3.53. The third-order valence-electron chi connectivity index (χ3n) is 3.31. The van der Waals surface area contributed by atoms with Crippen molar-refractivity contribution < 1.29 is 4.79 Å². The minimum atomic E-state index is 0.00976. The molecular weight excluding hydrogens is 314 g/mol. The maximum Gasteiger partial charge on any atom is 0.266 e. The summed E-state index contributed by atoms with van der Waals surface area (Å²) in [6.07, 6.45) is 8.19. The first-order valence-electron chi connectivity index (χ1n) is 7.03. The molecule has 0 saturated carbocycles. The van der Waals surface area contributed by atoms with Gasteiger partial charge in [0.05, 0.1) is 11.2 Å². The molecule has 0 aliphatic carbocycles. The first-order chi connectivity index (χ1) is 10.7. The van der Waals surface area contributed by atoms with Gasteiger partial charge in [-0.1, -0.05) is 43.0 Å².